The number of hydrogen-bond acceptors (Lipinski definition) is 6. The maximum atomic E-state index is 13.3. The summed E-state index contributed by atoms with van der Waals surface area (Å²) in [6.07, 6.45) is 8.38. The molecule has 7 nitrogen and oxygen atoms in total. The van der Waals surface area contributed by atoms with Gasteiger partial charge in [-0.3, -0.25) is 0 Å². The van der Waals surface area contributed by atoms with Crippen molar-refractivity contribution in [3.63, 3.8) is 0 Å². The first kappa shape index (κ1) is 25.6. The lowest BCUT2D eigenvalue weighted by Crippen LogP contribution is -2.45. The van der Waals surface area contributed by atoms with Gasteiger partial charge < -0.3 is 19.1 Å². The third-order valence-electron chi connectivity index (χ3n) is 9.80. The summed E-state index contributed by atoms with van der Waals surface area (Å²) in [6.45, 7) is 4.31. The maximum Gasteiger partial charge on any atom is 0.338 e. The molecule has 5 aliphatic heterocycles. The number of rotatable bonds is 3. The van der Waals surface area contributed by atoms with Crippen LogP contribution >= 0.6 is 0 Å². The van der Waals surface area contributed by atoms with Gasteiger partial charge in [0.05, 0.1) is 30.9 Å². The van der Waals surface area contributed by atoms with Crippen molar-refractivity contribution in [2.24, 2.45) is 0 Å². The SMILES string of the molecule is COC(=O)c1ccc(C(=O)OC)c(C2=c3cc4c5c(c3Oc3c2cc2c6c3CCCN6CCC2)CCC[N+]=5CCC4)c1. The van der Waals surface area contributed by atoms with Crippen molar-refractivity contribution in [1.29, 1.82) is 0 Å². The number of benzene rings is 3. The number of anilines is 1. The second-order valence-corrected chi connectivity index (χ2v) is 12.1. The summed E-state index contributed by atoms with van der Waals surface area (Å²) < 4.78 is 20.0. The van der Waals surface area contributed by atoms with Crippen LogP contribution in [0, 0.1) is 0 Å². The van der Waals surface area contributed by atoms with Gasteiger partial charge in [0, 0.05) is 59.1 Å². The van der Waals surface area contributed by atoms with Crippen LogP contribution in [0.5, 0.6) is 11.5 Å². The van der Waals surface area contributed by atoms with Crippen molar-refractivity contribution in [2.45, 2.75) is 51.4 Å². The van der Waals surface area contributed by atoms with Crippen LogP contribution < -0.4 is 24.8 Å². The third kappa shape index (κ3) is 3.68. The van der Waals surface area contributed by atoms with Crippen molar-refractivity contribution >= 4 is 23.2 Å². The third-order valence-corrected chi connectivity index (χ3v) is 9.80. The molecule has 42 heavy (non-hydrogen) atoms. The van der Waals surface area contributed by atoms with Crippen LogP contribution in [-0.4, -0.2) is 52.3 Å². The summed E-state index contributed by atoms with van der Waals surface area (Å²) in [6, 6.07) is 9.75. The van der Waals surface area contributed by atoms with Crippen LogP contribution in [0.1, 0.15) is 79.8 Å². The van der Waals surface area contributed by atoms with E-state index in [1.807, 2.05) is 0 Å². The number of fused-ring (bicyclic) bond motifs is 4. The average molecular weight is 564 g/mol. The number of carbonyl (C=O) groups excluding carboxylic acids is 2. The second kappa shape index (κ2) is 9.72. The fraction of sp³-hybridized carbons (Fsp3) is 0.400. The summed E-state index contributed by atoms with van der Waals surface area (Å²) in [5.74, 6) is 0.949. The van der Waals surface area contributed by atoms with E-state index >= 15 is 0 Å². The summed E-state index contributed by atoms with van der Waals surface area (Å²) in [5, 5.41) is 2.35. The van der Waals surface area contributed by atoms with Crippen LogP contribution in [0.25, 0.3) is 5.57 Å². The van der Waals surface area contributed by atoms with E-state index in [4.69, 9.17) is 14.2 Å². The number of methoxy groups -OCH3 is 2. The Balaban J connectivity index is 1.54. The quantitative estimate of drug-likeness (QED) is 0.280. The smallest absolute Gasteiger partial charge is 0.338 e. The molecule has 0 saturated heterocycles. The Bertz CT molecular complexity index is 1830. The van der Waals surface area contributed by atoms with Crippen LogP contribution in [-0.2, 0) is 35.2 Å². The van der Waals surface area contributed by atoms with Gasteiger partial charge in [-0.25, -0.2) is 14.2 Å². The second-order valence-electron chi connectivity index (χ2n) is 12.1. The van der Waals surface area contributed by atoms with Crippen molar-refractivity contribution in [3.8, 4) is 11.5 Å². The minimum absolute atomic E-state index is 0.401. The molecular weight excluding hydrogens is 528 g/mol. The molecule has 0 saturated carbocycles. The van der Waals surface area contributed by atoms with Gasteiger partial charge in [-0.05, 0) is 80.0 Å². The summed E-state index contributed by atoms with van der Waals surface area (Å²) in [5.41, 5.74) is 10.0. The highest BCUT2D eigenvalue weighted by atomic mass is 16.5. The predicted molar refractivity (Wildman–Crippen MR) is 159 cm³/mol. The first-order chi connectivity index (χ1) is 20.6. The Labute approximate surface area is 245 Å². The molecule has 0 radical (unpaired) electrons. The standard InChI is InChI=1S/C35H35N2O5/c1-40-34(38)22-11-12-23(35(39)41-2)26(19-22)29-27-17-20-7-3-13-36-15-5-9-24(30(20)36)32(27)42-33-25-10-6-16-37-14-4-8-21(31(25)37)18-28(29)33/h11-12,17-19H,3-10,13-16H2,1-2H3/q+1. The van der Waals surface area contributed by atoms with Gasteiger partial charge in [0.25, 0.3) is 0 Å². The predicted octanol–water partition coefficient (Wildman–Crippen LogP) is 3.70. The Morgan fingerprint density at radius 2 is 1.52 bits per heavy atom. The van der Waals surface area contributed by atoms with E-state index in [2.05, 4.69) is 21.6 Å². The highest BCUT2D eigenvalue weighted by Crippen LogP contribution is 2.48. The Kier molecular flexibility index (Phi) is 5.92. The number of carbonyl (C=O) groups is 2. The molecule has 3 aromatic rings. The summed E-state index contributed by atoms with van der Waals surface area (Å²) in [7, 11) is 2.79. The molecule has 5 aliphatic rings. The van der Waals surface area contributed by atoms with Gasteiger partial charge in [0.15, 0.2) is 0 Å². The monoisotopic (exact) mass is 563 g/mol. The van der Waals surface area contributed by atoms with E-state index < -0.39 is 11.9 Å². The molecule has 214 valence electrons. The molecule has 8 rings (SSSR count). The first-order valence-electron chi connectivity index (χ1n) is 15.3. The maximum absolute atomic E-state index is 13.3. The first-order valence-corrected chi connectivity index (χ1v) is 15.3. The molecule has 0 fully saturated rings. The minimum Gasteiger partial charge on any atom is -0.465 e. The fourth-order valence-electron chi connectivity index (χ4n) is 8.09. The van der Waals surface area contributed by atoms with Gasteiger partial charge in [-0.1, -0.05) is 0 Å². The van der Waals surface area contributed by atoms with Gasteiger partial charge >= 0.3 is 11.9 Å². The normalized spacial score (nSPS) is 17.8. The average Bonchev–Trinajstić information content (AvgIpc) is 3.03. The molecule has 0 atom stereocenters. The summed E-state index contributed by atoms with van der Waals surface area (Å²) >= 11 is 0. The lowest BCUT2D eigenvalue weighted by atomic mass is 9.81. The zero-order chi connectivity index (χ0) is 28.5. The molecule has 0 aliphatic carbocycles. The lowest BCUT2D eigenvalue weighted by molar-refractivity contribution is 0.0586. The van der Waals surface area contributed by atoms with Crippen LogP contribution in [0.15, 0.2) is 30.3 Å². The van der Waals surface area contributed by atoms with E-state index in [-0.39, 0.29) is 0 Å². The molecule has 3 aromatic carbocycles. The molecule has 0 N–H and O–H groups in total. The van der Waals surface area contributed by atoms with Gasteiger partial charge in [-0.15, -0.1) is 0 Å². The van der Waals surface area contributed by atoms with E-state index in [0.717, 1.165) is 105 Å². The molecule has 0 amide bonds. The van der Waals surface area contributed by atoms with Gasteiger partial charge in [0.2, 0.25) is 5.36 Å². The molecule has 0 aromatic heterocycles. The van der Waals surface area contributed by atoms with Crippen molar-refractivity contribution in [3.05, 3.63) is 85.4 Å². The van der Waals surface area contributed by atoms with Crippen molar-refractivity contribution < 1.29 is 23.8 Å². The topological polar surface area (TPSA) is 68.1 Å². The Morgan fingerprint density at radius 3 is 2.33 bits per heavy atom. The van der Waals surface area contributed by atoms with Crippen LogP contribution in [0.3, 0.4) is 0 Å². The molecular formula is C35H35N2O5+. The molecule has 5 heterocycles. The number of aryl methyl sites for hydroxylation is 2. The van der Waals surface area contributed by atoms with E-state index in [1.54, 1.807) is 18.2 Å². The van der Waals surface area contributed by atoms with E-state index in [0.29, 0.717) is 16.7 Å². The number of nitrogens with zero attached hydrogens (tertiary/aromatic N) is 2. The van der Waals surface area contributed by atoms with Gasteiger partial charge in [0.1, 0.15) is 24.6 Å². The summed E-state index contributed by atoms with van der Waals surface area (Å²) in [4.78, 5) is 28.6. The zero-order valence-corrected chi connectivity index (χ0v) is 24.3. The van der Waals surface area contributed by atoms with E-state index in [9.17, 15) is 9.59 Å². The lowest BCUT2D eigenvalue weighted by Gasteiger charge is -2.39. The van der Waals surface area contributed by atoms with Crippen LogP contribution in [0.4, 0.5) is 5.69 Å². The minimum atomic E-state index is -0.437. The molecule has 0 unspecified atom stereocenters. The van der Waals surface area contributed by atoms with Crippen LogP contribution in [0.2, 0.25) is 0 Å². The van der Waals surface area contributed by atoms with Crippen molar-refractivity contribution in [1.82, 2.24) is 4.58 Å². The Hall–Kier alpha value is -4.13. The fourth-order valence-corrected chi connectivity index (χ4v) is 8.09. The zero-order valence-electron chi connectivity index (χ0n) is 24.3. The van der Waals surface area contributed by atoms with Gasteiger partial charge in [-0.2, -0.15) is 0 Å². The number of hydrogen-bond donors (Lipinski definition) is 0. The Morgan fingerprint density at radius 1 is 0.786 bits per heavy atom. The highest BCUT2D eigenvalue weighted by molar-refractivity contribution is 6.02. The molecule has 0 spiro atoms. The molecule has 7 heteroatoms. The number of esters is 2. The highest BCUT2D eigenvalue weighted by Gasteiger charge is 2.36. The molecule has 0 bridgehead atoms. The number of ether oxygens (including phenoxy) is 3. The van der Waals surface area contributed by atoms with E-state index in [1.165, 1.54) is 47.5 Å². The largest absolute Gasteiger partial charge is 0.465 e. The van der Waals surface area contributed by atoms with Crippen molar-refractivity contribution in [2.75, 3.05) is 45.3 Å².